The van der Waals surface area contributed by atoms with Crippen LogP contribution in [0.15, 0.2) is 40.9 Å². The number of benzene rings is 2. The molecule has 18 heavy (non-hydrogen) atoms. The van der Waals surface area contributed by atoms with Crippen molar-refractivity contribution in [3.8, 4) is 17.2 Å². The summed E-state index contributed by atoms with van der Waals surface area (Å²) in [5.41, 5.74) is 5.83. The fraction of sp³-hybridized carbons (Fsp3) is 0.0769. The lowest BCUT2D eigenvalue weighted by atomic mass is 10.2. The van der Waals surface area contributed by atoms with Crippen LogP contribution in [-0.2, 0) is 0 Å². The molecule has 0 saturated heterocycles. The van der Waals surface area contributed by atoms with Gasteiger partial charge in [0.2, 0.25) is 0 Å². The molecule has 2 aromatic rings. The molecule has 0 heterocycles. The highest BCUT2D eigenvalue weighted by Crippen LogP contribution is 2.35. The molecule has 2 aromatic carbocycles. The maximum atomic E-state index is 13.7. The predicted octanol–water partition coefficient (Wildman–Crippen LogP) is 3.97. The fourth-order valence-corrected chi connectivity index (χ4v) is 1.82. The van der Waals surface area contributed by atoms with Crippen LogP contribution in [0.25, 0.3) is 0 Å². The average Bonchev–Trinajstić information content (AvgIpc) is 2.35. The summed E-state index contributed by atoms with van der Waals surface area (Å²) in [5, 5.41) is 0. The lowest BCUT2D eigenvalue weighted by molar-refractivity contribution is 0.402. The molecule has 94 valence electrons. The van der Waals surface area contributed by atoms with Crippen molar-refractivity contribution in [2.75, 3.05) is 12.8 Å². The molecule has 0 spiro atoms. The number of nitrogen functional groups attached to an aromatic ring is 1. The molecular weight excluding hydrogens is 301 g/mol. The summed E-state index contributed by atoms with van der Waals surface area (Å²) < 4.78 is 24.9. The lowest BCUT2D eigenvalue weighted by Crippen LogP contribution is -1.96. The Morgan fingerprint density at radius 3 is 2.50 bits per heavy atom. The number of methoxy groups -OCH3 is 1. The van der Waals surface area contributed by atoms with Gasteiger partial charge in [-0.05, 0) is 28.1 Å². The third kappa shape index (κ3) is 2.56. The summed E-state index contributed by atoms with van der Waals surface area (Å²) in [7, 11) is 1.46. The molecule has 0 unspecified atom stereocenters. The monoisotopic (exact) mass is 311 g/mol. The van der Waals surface area contributed by atoms with Crippen LogP contribution in [0.3, 0.4) is 0 Å². The van der Waals surface area contributed by atoms with Gasteiger partial charge in [0, 0.05) is 12.1 Å². The molecule has 2 rings (SSSR count). The zero-order valence-electron chi connectivity index (χ0n) is 9.61. The second-order valence-corrected chi connectivity index (χ2v) is 4.41. The molecule has 0 aliphatic heterocycles. The Morgan fingerprint density at radius 2 is 1.83 bits per heavy atom. The average molecular weight is 312 g/mol. The minimum Gasteiger partial charge on any atom is -0.494 e. The van der Waals surface area contributed by atoms with E-state index in [2.05, 4.69) is 15.9 Å². The first-order valence-corrected chi connectivity index (χ1v) is 5.96. The summed E-state index contributed by atoms with van der Waals surface area (Å²) in [6.45, 7) is 0. The van der Waals surface area contributed by atoms with Crippen molar-refractivity contribution in [1.29, 1.82) is 0 Å². The minimum atomic E-state index is -0.538. The van der Waals surface area contributed by atoms with Crippen LogP contribution in [0, 0.1) is 5.82 Å². The molecule has 2 N–H and O–H groups in total. The molecule has 0 aliphatic rings. The fourth-order valence-electron chi connectivity index (χ4n) is 1.45. The van der Waals surface area contributed by atoms with Gasteiger partial charge < -0.3 is 15.2 Å². The maximum Gasteiger partial charge on any atom is 0.168 e. The first-order chi connectivity index (χ1) is 8.61. The number of hydrogen-bond donors (Lipinski definition) is 1. The van der Waals surface area contributed by atoms with E-state index in [9.17, 15) is 4.39 Å². The largest absolute Gasteiger partial charge is 0.494 e. The molecule has 3 nitrogen and oxygen atoms in total. The molecular formula is C13H11BrFNO2. The van der Waals surface area contributed by atoms with Gasteiger partial charge in [-0.25, -0.2) is 4.39 Å². The van der Waals surface area contributed by atoms with E-state index in [1.165, 1.54) is 19.2 Å². The molecule has 0 saturated carbocycles. The van der Waals surface area contributed by atoms with Crippen LogP contribution >= 0.6 is 15.9 Å². The third-order valence-electron chi connectivity index (χ3n) is 2.34. The molecule has 0 radical (unpaired) electrons. The van der Waals surface area contributed by atoms with Gasteiger partial charge in [0.15, 0.2) is 11.6 Å². The van der Waals surface area contributed by atoms with Gasteiger partial charge >= 0.3 is 0 Å². The topological polar surface area (TPSA) is 44.5 Å². The van der Waals surface area contributed by atoms with Crippen LogP contribution in [0.5, 0.6) is 17.2 Å². The summed E-state index contributed by atoms with van der Waals surface area (Å²) >= 11 is 3.32. The van der Waals surface area contributed by atoms with Crippen LogP contribution < -0.4 is 15.2 Å². The Kier molecular flexibility index (Phi) is 3.72. The van der Waals surface area contributed by atoms with E-state index in [4.69, 9.17) is 15.2 Å². The van der Waals surface area contributed by atoms with Crippen molar-refractivity contribution < 1.29 is 13.9 Å². The van der Waals surface area contributed by atoms with Crippen molar-refractivity contribution in [3.05, 3.63) is 46.7 Å². The van der Waals surface area contributed by atoms with Crippen molar-refractivity contribution in [2.45, 2.75) is 0 Å². The van der Waals surface area contributed by atoms with E-state index in [-0.39, 0.29) is 11.4 Å². The standard InChI is InChI=1S/C13H11BrFNO2/c1-17-13-7-12(9(15)6-10(13)16)18-11-5-3-2-4-8(11)14/h2-7H,16H2,1H3. The highest BCUT2D eigenvalue weighted by atomic mass is 79.9. The van der Waals surface area contributed by atoms with Crippen LogP contribution in [0.2, 0.25) is 0 Å². The van der Waals surface area contributed by atoms with Gasteiger partial charge in [-0.3, -0.25) is 0 Å². The Labute approximate surface area is 112 Å². The Hall–Kier alpha value is -1.75. The molecule has 0 amide bonds. The quantitative estimate of drug-likeness (QED) is 0.872. The lowest BCUT2D eigenvalue weighted by Gasteiger charge is -2.11. The van der Waals surface area contributed by atoms with Crippen molar-refractivity contribution in [1.82, 2.24) is 0 Å². The van der Waals surface area contributed by atoms with Crippen LogP contribution in [-0.4, -0.2) is 7.11 Å². The summed E-state index contributed by atoms with van der Waals surface area (Å²) in [6.07, 6.45) is 0. The zero-order valence-corrected chi connectivity index (χ0v) is 11.2. The summed E-state index contributed by atoms with van der Waals surface area (Å²) in [4.78, 5) is 0. The van der Waals surface area contributed by atoms with Crippen molar-refractivity contribution in [3.63, 3.8) is 0 Å². The second kappa shape index (κ2) is 5.27. The molecule has 0 fully saturated rings. The number of para-hydroxylation sites is 1. The SMILES string of the molecule is COc1cc(Oc2ccccc2Br)c(F)cc1N. The van der Waals surface area contributed by atoms with Gasteiger partial charge in [-0.1, -0.05) is 12.1 Å². The first kappa shape index (κ1) is 12.7. The molecule has 0 atom stereocenters. The molecule has 0 aromatic heterocycles. The second-order valence-electron chi connectivity index (χ2n) is 3.56. The highest BCUT2D eigenvalue weighted by Gasteiger charge is 2.11. The van der Waals surface area contributed by atoms with E-state index in [1.807, 2.05) is 12.1 Å². The van der Waals surface area contributed by atoms with Gasteiger partial charge in [0.1, 0.15) is 11.5 Å². The normalized spacial score (nSPS) is 10.2. The van der Waals surface area contributed by atoms with Crippen molar-refractivity contribution >= 4 is 21.6 Å². The van der Waals surface area contributed by atoms with Crippen molar-refractivity contribution in [2.24, 2.45) is 0 Å². The van der Waals surface area contributed by atoms with Crippen LogP contribution in [0.4, 0.5) is 10.1 Å². The van der Waals surface area contributed by atoms with E-state index < -0.39 is 5.82 Å². The third-order valence-corrected chi connectivity index (χ3v) is 3.00. The van der Waals surface area contributed by atoms with Gasteiger partial charge in [-0.15, -0.1) is 0 Å². The maximum absolute atomic E-state index is 13.7. The number of nitrogens with two attached hydrogens (primary N) is 1. The van der Waals surface area contributed by atoms with Crippen LogP contribution in [0.1, 0.15) is 0 Å². The first-order valence-electron chi connectivity index (χ1n) is 5.17. The molecule has 0 bridgehead atoms. The zero-order chi connectivity index (χ0) is 13.1. The summed E-state index contributed by atoms with van der Waals surface area (Å²) in [5.74, 6) is 0.415. The number of hydrogen-bond acceptors (Lipinski definition) is 3. The number of anilines is 1. The number of ether oxygens (including phenoxy) is 2. The van der Waals surface area contributed by atoms with Gasteiger partial charge in [0.05, 0.1) is 17.3 Å². The number of halogens is 2. The molecule has 0 aliphatic carbocycles. The molecule has 5 heteroatoms. The van der Waals surface area contributed by atoms with E-state index >= 15 is 0 Å². The number of rotatable bonds is 3. The Morgan fingerprint density at radius 1 is 1.11 bits per heavy atom. The highest BCUT2D eigenvalue weighted by molar-refractivity contribution is 9.10. The predicted molar refractivity (Wildman–Crippen MR) is 71.6 cm³/mol. The van der Waals surface area contributed by atoms with E-state index in [1.54, 1.807) is 12.1 Å². The Bertz CT molecular complexity index is 575. The Balaban J connectivity index is 2.38. The smallest absolute Gasteiger partial charge is 0.168 e. The van der Waals surface area contributed by atoms with E-state index in [0.29, 0.717) is 11.5 Å². The summed E-state index contributed by atoms with van der Waals surface area (Å²) in [6, 6.07) is 9.77. The minimum absolute atomic E-state index is 0.0629. The van der Waals surface area contributed by atoms with Gasteiger partial charge in [0.25, 0.3) is 0 Å². The van der Waals surface area contributed by atoms with E-state index in [0.717, 1.165) is 4.47 Å². The van der Waals surface area contributed by atoms with Gasteiger partial charge in [-0.2, -0.15) is 0 Å².